The molecule has 0 aromatic carbocycles. The fourth-order valence-electron chi connectivity index (χ4n) is 2.25. The van der Waals surface area contributed by atoms with Gasteiger partial charge in [-0.15, -0.1) is 0 Å². The summed E-state index contributed by atoms with van der Waals surface area (Å²) in [6, 6.07) is 0. The van der Waals surface area contributed by atoms with E-state index in [1.165, 1.54) is 13.5 Å². The number of hydrogen-bond acceptors (Lipinski definition) is 5. The molecule has 0 bridgehead atoms. The third kappa shape index (κ3) is 4.50. The molecule has 0 amide bonds. The summed E-state index contributed by atoms with van der Waals surface area (Å²) in [7, 11) is 1.35. The van der Waals surface area contributed by atoms with E-state index in [1.54, 1.807) is 13.0 Å². The van der Waals surface area contributed by atoms with Gasteiger partial charge in [-0.2, -0.15) is 0 Å². The predicted molar refractivity (Wildman–Crippen MR) is 75.8 cm³/mol. The number of hydrogen-bond donors (Lipinski definition) is 2. The Balaban J connectivity index is 3.00. The Kier molecular flexibility index (Phi) is 5.73. The van der Waals surface area contributed by atoms with Gasteiger partial charge in [-0.05, 0) is 38.2 Å². The molecule has 0 aromatic rings. The fourth-order valence-corrected chi connectivity index (χ4v) is 2.25. The molecule has 1 aliphatic rings. The lowest BCUT2D eigenvalue weighted by atomic mass is 10.0. The molecule has 0 aliphatic carbocycles. The van der Waals surface area contributed by atoms with Crippen molar-refractivity contribution in [3.8, 4) is 0 Å². The molecule has 1 rings (SSSR count). The Labute approximate surface area is 115 Å². The molecule has 1 unspecified atom stereocenters. The SMILES string of the molecule is COC(=O)C(/C=C(/C)N)=C(/N)N1CCCC(C)CC1. The van der Waals surface area contributed by atoms with E-state index in [2.05, 4.69) is 11.8 Å². The number of carbonyl (C=O) groups is 1. The molecule has 1 heterocycles. The first kappa shape index (κ1) is 15.4. The third-order valence-electron chi connectivity index (χ3n) is 3.41. The zero-order valence-corrected chi connectivity index (χ0v) is 12.1. The second-order valence-corrected chi connectivity index (χ2v) is 5.20. The Bertz CT molecular complexity index is 384. The maximum absolute atomic E-state index is 11.8. The predicted octanol–water partition coefficient (Wildman–Crippen LogP) is 1.31. The van der Waals surface area contributed by atoms with E-state index < -0.39 is 5.97 Å². The largest absolute Gasteiger partial charge is 0.465 e. The standard InChI is InChI=1S/C14H25N3O2/c1-10-5-4-7-17(8-6-10)13(16)12(9-11(2)15)14(18)19-3/h9-10H,4-8,15-16H2,1-3H3/b11-9-,13-12-. The molecule has 19 heavy (non-hydrogen) atoms. The van der Waals surface area contributed by atoms with Crippen LogP contribution in [0, 0.1) is 5.92 Å². The number of nitrogens with two attached hydrogens (primary N) is 2. The van der Waals surface area contributed by atoms with Gasteiger partial charge in [-0.3, -0.25) is 0 Å². The number of nitrogens with zero attached hydrogens (tertiary/aromatic N) is 1. The number of esters is 1. The van der Waals surface area contributed by atoms with Gasteiger partial charge in [-0.25, -0.2) is 4.79 Å². The van der Waals surface area contributed by atoms with Crippen LogP contribution < -0.4 is 11.5 Å². The lowest BCUT2D eigenvalue weighted by Gasteiger charge is -2.24. The molecule has 0 spiro atoms. The lowest BCUT2D eigenvalue weighted by Crippen LogP contribution is -2.32. The van der Waals surface area contributed by atoms with Crippen molar-refractivity contribution in [2.45, 2.75) is 33.1 Å². The molecule has 5 nitrogen and oxygen atoms in total. The van der Waals surface area contributed by atoms with Gasteiger partial charge < -0.3 is 21.1 Å². The van der Waals surface area contributed by atoms with E-state index in [9.17, 15) is 4.79 Å². The summed E-state index contributed by atoms with van der Waals surface area (Å²) in [5.74, 6) is 0.719. The number of carbonyl (C=O) groups excluding carboxylic acids is 1. The molecule has 1 atom stereocenters. The van der Waals surface area contributed by atoms with Gasteiger partial charge >= 0.3 is 5.97 Å². The molecule has 108 valence electrons. The van der Waals surface area contributed by atoms with Crippen LogP contribution in [0.3, 0.4) is 0 Å². The van der Waals surface area contributed by atoms with Crippen LogP contribution in [0.2, 0.25) is 0 Å². The van der Waals surface area contributed by atoms with Crippen molar-refractivity contribution in [1.82, 2.24) is 4.90 Å². The normalized spacial score (nSPS) is 22.6. The summed E-state index contributed by atoms with van der Waals surface area (Å²) in [5, 5.41) is 0. The Morgan fingerprint density at radius 2 is 2.00 bits per heavy atom. The van der Waals surface area contributed by atoms with Crippen LogP contribution in [0.5, 0.6) is 0 Å². The highest BCUT2D eigenvalue weighted by Crippen LogP contribution is 2.20. The van der Waals surface area contributed by atoms with Crippen LogP contribution in [0.15, 0.2) is 23.2 Å². The highest BCUT2D eigenvalue weighted by atomic mass is 16.5. The minimum absolute atomic E-state index is 0.344. The van der Waals surface area contributed by atoms with Gasteiger partial charge in [0, 0.05) is 18.8 Å². The minimum Gasteiger partial charge on any atom is -0.465 e. The summed E-state index contributed by atoms with van der Waals surface area (Å²) in [5.41, 5.74) is 12.7. The van der Waals surface area contributed by atoms with Crippen LogP contribution in [-0.4, -0.2) is 31.1 Å². The zero-order valence-electron chi connectivity index (χ0n) is 12.1. The molecule has 1 fully saturated rings. The monoisotopic (exact) mass is 267 g/mol. The quantitative estimate of drug-likeness (QED) is 0.458. The number of rotatable bonds is 3. The number of likely N-dealkylation sites (tertiary alicyclic amines) is 1. The number of ether oxygens (including phenoxy) is 1. The van der Waals surface area contributed by atoms with Crippen LogP contribution in [-0.2, 0) is 9.53 Å². The van der Waals surface area contributed by atoms with Crippen molar-refractivity contribution in [2.75, 3.05) is 20.2 Å². The first-order valence-electron chi connectivity index (χ1n) is 6.72. The first-order chi connectivity index (χ1) is 8.95. The van der Waals surface area contributed by atoms with Crippen molar-refractivity contribution in [3.05, 3.63) is 23.2 Å². The summed E-state index contributed by atoms with van der Waals surface area (Å²) >= 11 is 0. The van der Waals surface area contributed by atoms with Crippen LogP contribution in [0.1, 0.15) is 33.1 Å². The average Bonchev–Trinajstić information content (AvgIpc) is 2.59. The maximum Gasteiger partial charge on any atom is 0.341 e. The molecule has 4 N–H and O–H groups in total. The van der Waals surface area contributed by atoms with Gasteiger partial charge in [0.1, 0.15) is 11.4 Å². The molecule has 1 saturated heterocycles. The van der Waals surface area contributed by atoms with Gasteiger partial charge in [0.05, 0.1) is 7.11 Å². The van der Waals surface area contributed by atoms with Crippen molar-refractivity contribution in [2.24, 2.45) is 17.4 Å². The third-order valence-corrected chi connectivity index (χ3v) is 3.41. The molecule has 1 aliphatic heterocycles. The van der Waals surface area contributed by atoms with Crippen LogP contribution in [0.25, 0.3) is 0 Å². The first-order valence-corrected chi connectivity index (χ1v) is 6.72. The van der Waals surface area contributed by atoms with Gasteiger partial charge in [0.2, 0.25) is 0 Å². The Morgan fingerprint density at radius 3 is 2.58 bits per heavy atom. The molecular weight excluding hydrogens is 242 g/mol. The smallest absolute Gasteiger partial charge is 0.341 e. The van der Waals surface area contributed by atoms with Gasteiger partial charge in [-0.1, -0.05) is 6.92 Å². The summed E-state index contributed by atoms with van der Waals surface area (Å²) in [4.78, 5) is 13.8. The van der Waals surface area contributed by atoms with Crippen molar-refractivity contribution >= 4 is 5.97 Å². The number of methoxy groups -OCH3 is 1. The number of allylic oxidation sites excluding steroid dienone is 1. The Hall–Kier alpha value is -1.65. The molecular formula is C14H25N3O2. The summed E-state index contributed by atoms with van der Waals surface area (Å²) < 4.78 is 4.77. The Morgan fingerprint density at radius 1 is 1.32 bits per heavy atom. The lowest BCUT2D eigenvalue weighted by molar-refractivity contribution is -0.135. The molecule has 0 aromatic heterocycles. The second-order valence-electron chi connectivity index (χ2n) is 5.20. The summed E-state index contributed by atoms with van der Waals surface area (Å²) in [6.45, 7) is 5.70. The van der Waals surface area contributed by atoms with Gasteiger partial charge in [0.25, 0.3) is 0 Å². The van der Waals surface area contributed by atoms with Gasteiger partial charge in [0.15, 0.2) is 0 Å². The van der Waals surface area contributed by atoms with E-state index >= 15 is 0 Å². The fraction of sp³-hybridized carbons (Fsp3) is 0.643. The van der Waals surface area contributed by atoms with Crippen LogP contribution >= 0.6 is 0 Å². The molecule has 0 radical (unpaired) electrons. The maximum atomic E-state index is 11.8. The van der Waals surface area contributed by atoms with Crippen LogP contribution in [0.4, 0.5) is 0 Å². The average molecular weight is 267 g/mol. The van der Waals surface area contributed by atoms with Crippen molar-refractivity contribution < 1.29 is 9.53 Å². The highest BCUT2D eigenvalue weighted by molar-refractivity contribution is 5.92. The van der Waals surface area contributed by atoms with Crippen molar-refractivity contribution in [3.63, 3.8) is 0 Å². The second kappa shape index (κ2) is 7.07. The highest BCUT2D eigenvalue weighted by Gasteiger charge is 2.20. The van der Waals surface area contributed by atoms with E-state index in [4.69, 9.17) is 16.2 Å². The van der Waals surface area contributed by atoms with E-state index in [-0.39, 0.29) is 0 Å². The molecule has 0 saturated carbocycles. The summed E-state index contributed by atoms with van der Waals surface area (Å²) in [6.07, 6.45) is 4.95. The van der Waals surface area contributed by atoms with E-state index in [0.717, 1.165) is 25.9 Å². The minimum atomic E-state index is -0.445. The van der Waals surface area contributed by atoms with E-state index in [0.29, 0.717) is 23.0 Å². The zero-order chi connectivity index (χ0) is 14.4. The molecule has 5 heteroatoms. The van der Waals surface area contributed by atoms with E-state index in [1.807, 2.05) is 0 Å². The van der Waals surface area contributed by atoms with Crippen molar-refractivity contribution in [1.29, 1.82) is 0 Å². The topological polar surface area (TPSA) is 81.6 Å².